The van der Waals surface area contributed by atoms with Crippen molar-refractivity contribution in [2.24, 2.45) is 5.73 Å². The van der Waals surface area contributed by atoms with Gasteiger partial charge in [-0.05, 0) is 12.1 Å². The van der Waals surface area contributed by atoms with E-state index in [9.17, 15) is 4.79 Å². The number of hydrogen-bond donors (Lipinski definition) is 2. The Labute approximate surface area is 111 Å². The number of halogens is 1. The molecule has 1 unspecified atom stereocenters. The molecule has 5 nitrogen and oxygen atoms in total. The first-order valence-corrected chi connectivity index (χ1v) is 5.84. The molecule has 1 atom stereocenters. The SMILES string of the molecule is COc1cc(NC(=O)CC(CN)OC)ccc1Cl. The molecule has 0 radical (unpaired) electrons. The third-order valence-corrected chi connectivity index (χ3v) is 2.76. The highest BCUT2D eigenvalue weighted by atomic mass is 35.5. The molecule has 0 heterocycles. The second-order valence-corrected chi connectivity index (χ2v) is 4.10. The summed E-state index contributed by atoms with van der Waals surface area (Å²) in [6.07, 6.45) is -0.0722. The highest BCUT2D eigenvalue weighted by Gasteiger charge is 2.12. The Hall–Kier alpha value is -1.30. The van der Waals surface area contributed by atoms with Gasteiger partial charge in [0.25, 0.3) is 0 Å². The van der Waals surface area contributed by atoms with Gasteiger partial charge in [0.1, 0.15) is 5.75 Å². The fourth-order valence-electron chi connectivity index (χ4n) is 1.42. The summed E-state index contributed by atoms with van der Waals surface area (Å²) in [5, 5.41) is 3.22. The molecule has 0 fully saturated rings. The van der Waals surface area contributed by atoms with Crippen LogP contribution < -0.4 is 15.8 Å². The third kappa shape index (κ3) is 4.18. The van der Waals surface area contributed by atoms with Crippen LogP contribution in [-0.2, 0) is 9.53 Å². The van der Waals surface area contributed by atoms with E-state index in [4.69, 9.17) is 26.8 Å². The average molecular weight is 273 g/mol. The number of carbonyl (C=O) groups is 1. The van der Waals surface area contributed by atoms with E-state index in [1.807, 2.05) is 0 Å². The van der Waals surface area contributed by atoms with Crippen LogP contribution in [0.4, 0.5) is 5.69 Å². The number of anilines is 1. The average Bonchev–Trinajstić information content (AvgIpc) is 2.38. The smallest absolute Gasteiger partial charge is 0.227 e. The zero-order chi connectivity index (χ0) is 13.5. The van der Waals surface area contributed by atoms with Crippen molar-refractivity contribution in [1.82, 2.24) is 0 Å². The fourth-order valence-corrected chi connectivity index (χ4v) is 1.61. The number of rotatable bonds is 6. The van der Waals surface area contributed by atoms with Crippen molar-refractivity contribution in [2.75, 3.05) is 26.1 Å². The van der Waals surface area contributed by atoms with E-state index in [0.29, 0.717) is 23.0 Å². The van der Waals surface area contributed by atoms with Crippen molar-refractivity contribution >= 4 is 23.2 Å². The molecule has 0 bridgehead atoms. The zero-order valence-electron chi connectivity index (χ0n) is 10.4. The van der Waals surface area contributed by atoms with E-state index in [1.165, 1.54) is 14.2 Å². The summed E-state index contributed by atoms with van der Waals surface area (Å²) in [5.74, 6) is 0.341. The van der Waals surface area contributed by atoms with Crippen LogP contribution in [0, 0.1) is 0 Å². The molecular weight excluding hydrogens is 256 g/mol. The van der Waals surface area contributed by atoms with Gasteiger partial charge in [0.15, 0.2) is 0 Å². The monoisotopic (exact) mass is 272 g/mol. The first kappa shape index (κ1) is 14.8. The summed E-state index contributed by atoms with van der Waals surface area (Å²) < 4.78 is 10.1. The molecule has 0 aliphatic heterocycles. The van der Waals surface area contributed by atoms with E-state index in [0.717, 1.165) is 0 Å². The van der Waals surface area contributed by atoms with Crippen LogP contribution in [0.1, 0.15) is 6.42 Å². The summed E-state index contributed by atoms with van der Waals surface area (Å²) in [6.45, 7) is 0.299. The molecule has 1 amide bonds. The molecule has 0 spiro atoms. The number of nitrogens with two attached hydrogens (primary N) is 1. The van der Waals surface area contributed by atoms with E-state index in [1.54, 1.807) is 18.2 Å². The number of carbonyl (C=O) groups excluding carboxylic acids is 1. The molecule has 0 aromatic heterocycles. The number of benzene rings is 1. The van der Waals surface area contributed by atoms with Crippen LogP contribution in [0.2, 0.25) is 5.02 Å². The predicted octanol–water partition coefficient (Wildman–Crippen LogP) is 1.65. The van der Waals surface area contributed by atoms with Gasteiger partial charge in [-0.2, -0.15) is 0 Å². The Morgan fingerprint density at radius 3 is 2.78 bits per heavy atom. The standard InChI is InChI=1S/C12H17ClN2O3/c1-17-9(7-14)6-12(16)15-8-3-4-10(13)11(5-8)18-2/h3-5,9H,6-7,14H2,1-2H3,(H,15,16). The largest absolute Gasteiger partial charge is 0.495 e. The molecule has 18 heavy (non-hydrogen) atoms. The lowest BCUT2D eigenvalue weighted by Gasteiger charge is -2.13. The number of ether oxygens (including phenoxy) is 2. The molecule has 1 aromatic carbocycles. The molecule has 1 rings (SSSR count). The van der Waals surface area contributed by atoms with Gasteiger partial charge in [-0.25, -0.2) is 0 Å². The first-order chi connectivity index (χ1) is 8.60. The van der Waals surface area contributed by atoms with Crippen LogP contribution in [0.5, 0.6) is 5.75 Å². The Balaban J connectivity index is 2.64. The highest BCUT2D eigenvalue weighted by molar-refractivity contribution is 6.32. The van der Waals surface area contributed by atoms with Crippen molar-refractivity contribution in [1.29, 1.82) is 0 Å². The Morgan fingerprint density at radius 1 is 1.50 bits per heavy atom. The van der Waals surface area contributed by atoms with Crippen LogP contribution in [0.3, 0.4) is 0 Å². The van der Waals surface area contributed by atoms with Gasteiger partial charge in [0.05, 0.1) is 24.7 Å². The van der Waals surface area contributed by atoms with Gasteiger partial charge in [-0.15, -0.1) is 0 Å². The fraction of sp³-hybridized carbons (Fsp3) is 0.417. The van der Waals surface area contributed by atoms with Crippen molar-refractivity contribution in [3.63, 3.8) is 0 Å². The maximum absolute atomic E-state index is 11.7. The minimum atomic E-state index is -0.279. The number of methoxy groups -OCH3 is 2. The molecule has 0 saturated heterocycles. The maximum atomic E-state index is 11.7. The van der Waals surface area contributed by atoms with E-state index in [-0.39, 0.29) is 18.4 Å². The normalized spacial score (nSPS) is 12.0. The van der Waals surface area contributed by atoms with Crippen molar-refractivity contribution in [3.8, 4) is 5.75 Å². The van der Waals surface area contributed by atoms with Gasteiger partial charge in [0, 0.05) is 25.4 Å². The molecule has 3 N–H and O–H groups in total. The molecule has 100 valence electrons. The highest BCUT2D eigenvalue weighted by Crippen LogP contribution is 2.27. The summed E-state index contributed by atoms with van der Waals surface area (Å²) in [6, 6.07) is 5.02. The van der Waals surface area contributed by atoms with Crippen LogP contribution >= 0.6 is 11.6 Å². The van der Waals surface area contributed by atoms with E-state index >= 15 is 0 Å². The Morgan fingerprint density at radius 2 is 2.22 bits per heavy atom. The van der Waals surface area contributed by atoms with Gasteiger partial charge in [0.2, 0.25) is 5.91 Å². The molecule has 6 heteroatoms. The lowest BCUT2D eigenvalue weighted by molar-refractivity contribution is -0.118. The summed E-state index contributed by atoms with van der Waals surface area (Å²) >= 11 is 5.89. The molecule has 0 aliphatic carbocycles. The maximum Gasteiger partial charge on any atom is 0.227 e. The lowest BCUT2D eigenvalue weighted by Crippen LogP contribution is -2.28. The molecule has 1 aromatic rings. The quantitative estimate of drug-likeness (QED) is 0.826. The minimum absolute atomic E-state index is 0.170. The second kappa shape index (κ2) is 7.20. The summed E-state index contributed by atoms with van der Waals surface area (Å²) in [4.78, 5) is 11.7. The van der Waals surface area contributed by atoms with Crippen LogP contribution in [0.15, 0.2) is 18.2 Å². The van der Waals surface area contributed by atoms with Gasteiger partial charge in [-0.3, -0.25) is 4.79 Å². The first-order valence-electron chi connectivity index (χ1n) is 5.47. The van der Waals surface area contributed by atoms with Crippen molar-refractivity contribution in [3.05, 3.63) is 23.2 Å². The molecule has 0 saturated carbocycles. The van der Waals surface area contributed by atoms with Gasteiger partial charge >= 0.3 is 0 Å². The Kier molecular flexibility index (Phi) is 5.91. The summed E-state index contributed by atoms with van der Waals surface area (Å²) in [7, 11) is 3.04. The minimum Gasteiger partial charge on any atom is -0.495 e. The topological polar surface area (TPSA) is 73.6 Å². The van der Waals surface area contributed by atoms with Crippen LogP contribution in [0.25, 0.3) is 0 Å². The third-order valence-electron chi connectivity index (χ3n) is 2.44. The number of hydrogen-bond acceptors (Lipinski definition) is 4. The van der Waals surface area contributed by atoms with Crippen LogP contribution in [-0.4, -0.2) is 32.8 Å². The van der Waals surface area contributed by atoms with E-state index in [2.05, 4.69) is 5.32 Å². The van der Waals surface area contributed by atoms with Crippen molar-refractivity contribution < 1.29 is 14.3 Å². The van der Waals surface area contributed by atoms with Crippen molar-refractivity contribution in [2.45, 2.75) is 12.5 Å². The number of nitrogens with one attached hydrogen (secondary N) is 1. The van der Waals surface area contributed by atoms with Gasteiger partial charge in [-0.1, -0.05) is 11.6 Å². The summed E-state index contributed by atoms with van der Waals surface area (Å²) in [5.41, 5.74) is 6.07. The molecule has 0 aliphatic rings. The molecular formula is C12H17ClN2O3. The van der Waals surface area contributed by atoms with E-state index < -0.39 is 0 Å². The number of amides is 1. The zero-order valence-corrected chi connectivity index (χ0v) is 11.2. The van der Waals surface area contributed by atoms with Gasteiger partial charge < -0.3 is 20.5 Å². The predicted molar refractivity (Wildman–Crippen MR) is 71.1 cm³/mol. The lowest BCUT2D eigenvalue weighted by atomic mass is 10.2. The second-order valence-electron chi connectivity index (χ2n) is 3.70. The Bertz CT molecular complexity index is 408.